The van der Waals surface area contributed by atoms with Crippen LogP contribution in [0.4, 0.5) is 11.4 Å². The number of anilines is 2. The molecule has 1 fully saturated rings. The van der Waals surface area contributed by atoms with Crippen LogP contribution >= 0.6 is 23.2 Å². The molecule has 0 saturated carbocycles. The van der Waals surface area contributed by atoms with Gasteiger partial charge < -0.3 is 24.2 Å². The third-order valence-electron chi connectivity index (χ3n) is 6.31. The first-order valence-electron chi connectivity index (χ1n) is 11.5. The van der Waals surface area contributed by atoms with Gasteiger partial charge in [0.25, 0.3) is 11.7 Å². The standard InChI is InChI=1S/C28H26Cl2N2O6/c1-31(2)16-8-6-15(7-9-16)25-24(26(33)18-13-23(38-5)20(30)14-22(18)37-4)27(34)28(35)32(25)17-10-11-21(36-3)19(29)12-17/h6-14,25,33H,1-5H3/b26-24+. The Morgan fingerprint density at radius 3 is 2.00 bits per heavy atom. The number of amides is 1. The number of nitrogens with zero attached hydrogens (tertiary/aromatic N) is 2. The van der Waals surface area contributed by atoms with Crippen LogP contribution < -0.4 is 24.0 Å². The second-order valence-electron chi connectivity index (χ2n) is 8.66. The van der Waals surface area contributed by atoms with Gasteiger partial charge in [0, 0.05) is 31.5 Å². The van der Waals surface area contributed by atoms with Crippen molar-refractivity contribution in [2.24, 2.45) is 0 Å². The van der Waals surface area contributed by atoms with Gasteiger partial charge in [0.05, 0.1) is 48.6 Å². The number of hydrogen-bond acceptors (Lipinski definition) is 7. The summed E-state index contributed by atoms with van der Waals surface area (Å²) in [7, 11) is 8.12. The Morgan fingerprint density at radius 1 is 0.842 bits per heavy atom. The van der Waals surface area contributed by atoms with Gasteiger partial charge in [0.15, 0.2) is 0 Å². The molecule has 4 rings (SSSR count). The Hall–Kier alpha value is -3.88. The van der Waals surface area contributed by atoms with Crippen molar-refractivity contribution in [1.82, 2.24) is 0 Å². The molecule has 198 valence electrons. The van der Waals surface area contributed by atoms with Crippen molar-refractivity contribution < 1.29 is 28.9 Å². The van der Waals surface area contributed by atoms with E-state index >= 15 is 0 Å². The molecule has 3 aromatic carbocycles. The van der Waals surface area contributed by atoms with Crippen LogP contribution in [0.5, 0.6) is 17.2 Å². The molecular formula is C28H26Cl2N2O6. The molecule has 0 radical (unpaired) electrons. The van der Waals surface area contributed by atoms with Crippen molar-refractivity contribution in [3.05, 3.63) is 81.3 Å². The normalized spacial score (nSPS) is 16.5. The number of ketones is 1. The maximum Gasteiger partial charge on any atom is 0.300 e. The second kappa shape index (κ2) is 10.8. The van der Waals surface area contributed by atoms with Gasteiger partial charge in [0.1, 0.15) is 23.0 Å². The van der Waals surface area contributed by atoms with Gasteiger partial charge in [-0.05, 0) is 42.0 Å². The van der Waals surface area contributed by atoms with Crippen LogP contribution in [0.15, 0.2) is 60.2 Å². The largest absolute Gasteiger partial charge is 0.507 e. The summed E-state index contributed by atoms with van der Waals surface area (Å²) in [5.41, 5.74) is 1.90. The summed E-state index contributed by atoms with van der Waals surface area (Å²) in [6, 6.07) is 14.1. The van der Waals surface area contributed by atoms with E-state index in [2.05, 4.69) is 0 Å². The van der Waals surface area contributed by atoms with E-state index in [0.717, 1.165) is 5.69 Å². The van der Waals surface area contributed by atoms with Crippen molar-refractivity contribution in [2.75, 3.05) is 45.2 Å². The lowest BCUT2D eigenvalue weighted by Gasteiger charge is -2.26. The first kappa shape index (κ1) is 27.2. The zero-order valence-corrected chi connectivity index (χ0v) is 22.9. The van der Waals surface area contributed by atoms with Crippen LogP contribution in [0, 0.1) is 0 Å². The quantitative estimate of drug-likeness (QED) is 0.226. The number of carbonyl (C=O) groups excluding carboxylic acids is 2. The summed E-state index contributed by atoms with van der Waals surface area (Å²) in [6.45, 7) is 0. The molecule has 1 saturated heterocycles. The number of methoxy groups -OCH3 is 3. The van der Waals surface area contributed by atoms with Crippen LogP contribution in [0.25, 0.3) is 5.76 Å². The molecule has 0 bridgehead atoms. The van der Waals surface area contributed by atoms with Crippen molar-refractivity contribution in [3.63, 3.8) is 0 Å². The van der Waals surface area contributed by atoms with Crippen molar-refractivity contribution >= 4 is 52.0 Å². The molecule has 38 heavy (non-hydrogen) atoms. The lowest BCUT2D eigenvalue weighted by Crippen LogP contribution is -2.29. The summed E-state index contributed by atoms with van der Waals surface area (Å²) in [6.07, 6.45) is 0. The van der Waals surface area contributed by atoms with Crippen LogP contribution in [0.3, 0.4) is 0 Å². The number of ether oxygens (including phenoxy) is 3. The fourth-order valence-corrected chi connectivity index (χ4v) is 4.85. The maximum atomic E-state index is 13.5. The van der Waals surface area contributed by atoms with Gasteiger partial charge in [-0.15, -0.1) is 0 Å². The van der Waals surface area contributed by atoms with E-state index in [1.807, 2.05) is 31.1 Å². The molecule has 0 aromatic heterocycles. The molecule has 1 aliphatic rings. The number of carbonyl (C=O) groups is 2. The van der Waals surface area contributed by atoms with Gasteiger partial charge in [-0.3, -0.25) is 14.5 Å². The van der Waals surface area contributed by atoms with E-state index in [1.165, 1.54) is 38.4 Å². The molecule has 1 amide bonds. The highest BCUT2D eigenvalue weighted by atomic mass is 35.5. The molecule has 1 N–H and O–H groups in total. The lowest BCUT2D eigenvalue weighted by molar-refractivity contribution is -0.132. The molecule has 8 nitrogen and oxygen atoms in total. The van der Waals surface area contributed by atoms with Gasteiger partial charge in [0.2, 0.25) is 0 Å². The Kier molecular flexibility index (Phi) is 7.76. The molecule has 3 aromatic rings. The first-order chi connectivity index (χ1) is 18.1. The highest BCUT2D eigenvalue weighted by Gasteiger charge is 2.47. The van der Waals surface area contributed by atoms with E-state index in [1.54, 1.807) is 30.3 Å². The van der Waals surface area contributed by atoms with Crippen LogP contribution in [-0.2, 0) is 9.59 Å². The summed E-state index contributed by atoms with van der Waals surface area (Å²) in [5.74, 6) is -1.25. The maximum absolute atomic E-state index is 13.5. The Labute approximate surface area is 230 Å². The van der Waals surface area contributed by atoms with E-state index in [-0.39, 0.29) is 32.7 Å². The summed E-state index contributed by atoms with van der Waals surface area (Å²) in [5, 5.41) is 12.1. The average Bonchev–Trinajstić information content (AvgIpc) is 3.18. The third kappa shape index (κ3) is 4.73. The number of Topliss-reactive ketones (excluding diaryl/α,β-unsaturated/α-hetero) is 1. The highest BCUT2D eigenvalue weighted by Crippen LogP contribution is 2.45. The first-order valence-corrected chi connectivity index (χ1v) is 12.2. The second-order valence-corrected chi connectivity index (χ2v) is 9.48. The number of rotatable bonds is 7. The van der Waals surface area contributed by atoms with Crippen molar-refractivity contribution in [1.29, 1.82) is 0 Å². The number of benzene rings is 3. The Balaban J connectivity index is 1.99. The SMILES string of the molecule is COc1ccc(N2C(=O)C(=O)/C(=C(/O)c3cc(OC)c(Cl)cc3OC)C2c2ccc(N(C)C)cc2)cc1Cl. The number of halogens is 2. The predicted octanol–water partition coefficient (Wildman–Crippen LogP) is 5.71. The van der Waals surface area contributed by atoms with Gasteiger partial charge >= 0.3 is 0 Å². The molecule has 1 unspecified atom stereocenters. The van der Waals surface area contributed by atoms with Crippen molar-refractivity contribution in [3.8, 4) is 17.2 Å². The zero-order chi connectivity index (χ0) is 27.7. The molecule has 0 spiro atoms. The molecule has 1 atom stereocenters. The molecule has 1 aliphatic heterocycles. The van der Waals surface area contributed by atoms with Crippen molar-refractivity contribution in [2.45, 2.75) is 6.04 Å². The van der Waals surface area contributed by atoms with Gasteiger partial charge in [-0.1, -0.05) is 35.3 Å². The molecular weight excluding hydrogens is 531 g/mol. The Bertz CT molecular complexity index is 1440. The Morgan fingerprint density at radius 2 is 1.45 bits per heavy atom. The monoisotopic (exact) mass is 556 g/mol. The number of aliphatic hydroxyl groups excluding tert-OH is 1. The number of aliphatic hydroxyl groups is 1. The van der Waals surface area contributed by atoms with E-state index in [4.69, 9.17) is 37.4 Å². The fourth-order valence-electron chi connectivity index (χ4n) is 4.36. The van der Waals surface area contributed by atoms with E-state index in [0.29, 0.717) is 17.0 Å². The molecule has 10 heteroatoms. The van der Waals surface area contributed by atoms with E-state index in [9.17, 15) is 14.7 Å². The van der Waals surface area contributed by atoms with E-state index < -0.39 is 23.5 Å². The zero-order valence-electron chi connectivity index (χ0n) is 21.4. The van der Waals surface area contributed by atoms with Crippen LogP contribution in [0.1, 0.15) is 17.2 Å². The smallest absolute Gasteiger partial charge is 0.300 e. The minimum absolute atomic E-state index is 0.123. The number of hydrogen-bond donors (Lipinski definition) is 1. The minimum atomic E-state index is -0.970. The van der Waals surface area contributed by atoms with Gasteiger partial charge in [-0.25, -0.2) is 0 Å². The summed E-state index contributed by atoms with van der Waals surface area (Å²) in [4.78, 5) is 30.2. The van der Waals surface area contributed by atoms with Gasteiger partial charge in [-0.2, -0.15) is 0 Å². The topological polar surface area (TPSA) is 88.5 Å². The van der Waals surface area contributed by atoms with Crippen LogP contribution in [0.2, 0.25) is 10.0 Å². The fraction of sp³-hybridized carbons (Fsp3) is 0.214. The average molecular weight is 557 g/mol. The third-order valence-corrected chi connectivity index (χ3v) is 6.90. The summed E-state index contributed by atoms with van der Waals surface area (Å²) >= 11 is 12.6. The highest BCUT2D eigenvalue weighted by molar-refractivity contribution is 6.52. The van der Waals surface area contributed by atoms with Crippen LogP contribution in [-0.4, -0.2) is 52.2 Å². The molecule has 0 aliphatic carbocycles. The lowest BCUT2D eigenvalue weighted by atomic mass is 9.94. The molecule has 1 heterocycles. The summed E-state index contributed by atoms with van der Waals surface area (Å²) < 4.78 is 16.0. The minimum Gasteiger partial charge on any atom is -0.507 e. The predicted molar refractivity (Wildman–Crippen MR) is 148 cm³/mol.